The molecular formula is C21H19F3N4O3. The lowest BCUT2D eigenvalue weighted by Gasteiger charge is -2.32. The van der Waals surface area contributed by atoms with Crippen molar-refractivity contribution in [2.75, 3.05) is 13.1 Å². The minimum atomic E-state index is -4.44. The van der Waals surface area contributed by atoms with Crippen molar-refractivity contribution in [1.82, 2.24) is 20.3 Å². The number of alkyl halides is 3. The predicted octanol–water partition coefficient (Wildman–Crippen LogP) is 3.77. The fourth-order valence-corrected chi connectivity index (χ4v) is 3.75. The second-order valence-corrected chi connectivity index (χ2v) is 7.51. The maximum Gasteiger partial charge on any atom is 0.416 e. The zero-order valence-electron chi connectivity index (χ0n) is 16.6. The molecule has 1 aliphatic heterocycles. The van der Waals surface area contributed by atoms with Gasteiger partial charge in [-0.05, 0) is 44.0 Å². The monoisotopic (exact) mass is 432 g/mol. The summed E-state index contributed by atoms with van der Waals surface area (Å²) in [4.78, 5) is 26.1. The minimum Gasteiger partial charge on any atom is -0.356 e. The van der Waals surface area contributed by atoms with Gasteiger partial charge < -0.3 is 9.42 Å². The first-order chi connectivity index (χ1) is 14.7. The quantitative estimate of drug-likeness (QED) is 0.680. The molecule has 0 aliphatic carbocycles. The molecule has 0 unspecified atom stereocenters. The van der Waals surface area contributed by atoms with E-state index in [-0.39, 0.29) is 22.9 Å². The van der Waals surface area contributed by atoms with Crippen LogP contribution in [0.15, 0.2) is 45.7 Å². The van der Waals surface area contributed by atoms with E-state index in [1.54, 1.807) is 17.9 Å². The Bertz CT molecular complexity index is 1140. The van der Waals surface area contributed by atoms with Crippen molar-refractivity contribution in [3.05, 3.63) is 69.3 Å². The molecule has 2 aromatic heterocycles. The summed E-state index contributed by atoms with van der Waals surface area (Å²) in [7, 11) is 0. The molecular weight excluding hydrogens is 413 g/mol. The van der Waals surface area contributed by atoms with Crippen LogP contribution in [0.25, 0.3) is 11.3 Å². The number of benzene rings is 1. The Morgan fingerprint density at radius 1 is 1.16 bits per heavy atom. The topological polar surface area (TPSA) is 92.1 Å². The summed E-state index contributed by atoms with van der Waals surface area (Å²) < 4.78 is 43.5. The average Bonchev–Trinajstić information content (AvgIpc) is 3.19. The van der Waals surface area contributed by atoms with Crippen molar-refractivity contribution in [1.29, 1.82) is 0 Å². The predicted molar refractivity (Wildman–Crippen MR) is 104 cm³/mol. The number of carbonyl (C=O) groups is 1. The Balaban J connectivity index is 1.48. The molecule has 0 saturated carbocycles. The molecule has 0 bridgehead atoms. The van der Waals surface area contributed by atoms with E-state index in [4.69, 9.17) is 4.52 Å². The van der Waals surface area contributed by atoms with E-state index in [9.17, 15) is 22.8 Å². The van der Waals surface area contributed by atoms with Crippen LogP contribution in [0, 0.1) is 6.92 Å². The number of H-pyrrole nitrogens is 1. The van der Waals surface area contributed by atoms with Gasteiger partial charge in [0, 0.05) is 42.3 Å². The summed E-state index contributed by atoms with van der Waals surface area (Å²) in [5.74, 6) is 0.121. The molecule has 31 heavy (non-hydrogen) atoms. The third-order valence-electron chi connectivity index (χ3n) is 5.36. The summed E-state index contributed by atoms with van der Waals surface area (Å²) in [5, 5.41) is 10.5. The van der Waals surface area contributed by atoms with Crippen LogP contribution < -0.4 is 5.56 Å². The smallest absolute Gasteiger partial charge is 0.356 e. The van der Waals surface area contributed by atoms with Crippen molar-refractivity contribution in [2.24, 2.45) is 0 Å². The fourth-order valence-electron chi connectivity index (χ4n) is 3.75. The Morgan fingerprint density at radius 2 is 1.84 bits per heavy atom. The zero-order chi connectivity index (χ0) is 22.2. The summed E-state index contributed by atoms with van der Waals surface area (Å²) in [5.41, 5.74) is 0.976. The number of aromatic amines is 1. The van der Waals surface area contributed by atoms with Crippen LogP contribution in [0.1, 0.15) is 46.1 Å². The number of rotatable bonds is 3. The van der Waals surface area contributed by atoms with Crippen LogP contribution in [0.5, 0.6) is 0 Å². The van der Waals surface area contributed by atoms with Gasteiger partial charge >= 0.3 is 6.18 Å². The van der Waals surface area contributed by atoms with Gasteiger partial charge in [-0.1, -0.05) is 5.16 Å². The number of nitrogens with one attached hydrogen (secondary N) is 1. The third kappa shape index (κ3) is 4.37. The number of hydrogen-bond donors (Lipinski definition) is 1. The molecule has 0 atom stereocenters. The van der Waals surface area contributed by atoms with Gasteiger partial charge in [0.2, 0.25) is 0 Å². The van der Waals surface area contributed by atoms with Crippen LogP contribution in [0.3, 0.4) is 0 Å². The molecule has 3 heterocycles. The van der Waals surface area contributed by atoms with E-state index in [1.807, 2.05) is 0 Å². The standard InChI is InChI=1S/C21H19F3N4O3/c1-12-10-17(31-27-12)16-11-18(29)25-26-19(16)13-6-8-28(9-7-13)20(30)14-2-4-15(5-3-14)21(22,23)24/h2-5,10-11,13H,6-9H2,1H3,(H,25,29). The summed E-state index contributed by atoms with van der Waals surface area (Å²) >= 11 is 0. The average molecular weight is 432 g/mol. The summed E-state index contributed by atoms with van der Waals surface area (Å²) in [6, 6.07) is 7.37. The maximum absolute atomic E-state index is 12.7. The van der Waals surface area contributed by atoms with E-state index in [1.165, 1.54) is 18.2 Å². The molecule has 0 radical (unpaired) electrons. The first kappa shape index (κ1) is 20.8. The normalized spacial score (nSPS) is 15.3. The maximum atomic E-state index is 12.7. The van der Waals surface area contributed by atoms with Gasteiger partial charge in [0.05, 0.1) is 17.0 Å². The van der Waals surface area contributed by atoms with Crippen molar-refractivity contribution in [3.8, 4) is 11.3 Å². The largest absolute Gasteiger partial charge is 0.416 e. The fraction of sp³-hybridized carbons (Fsp3) is 0.333. The molecule has 1 fully saturated rings. The lowest BCUT2D eigenvalue weighted by atomic mass is 9.89. The highest BCUT2D eigenvalue weighted by atomic mass is 19.4. The molecule has 1 amide bonds. The van der Waals surface area contributed by atoms with E-state index >= 15 is 0 Å². The summed E-state index contributed by atoms with van der Waals surface area (Å²) in [6.45, 7) is 2.61. The lowest BCUT2D eigenvalue weighted by molar-refractivity contribution is -0.137. The van der Waals surface area contributed by atoms with E-state index in [2.05, 4.69) is 15.4 Å². The van der Waals surface area contributed by atoms with Gasteiger partial charge in [0.25, 0.3) is 11.5 Å². The third-order valence-corrected chi connectivity index (χ3v) is 5.36. The Morgan fingerprint density at radius 3 is 2.42 bits per heavy atom. The van der Waals surface area contributed by atoms with Crippen molar-refractivity contribution in [2.45, 2.75) is 31.9 Å². The lowest BCUT2D eigenvalue weighted by Crippen LogP contribution is -2.38. The van der Waals surface area contributed by atoms with Crippen molar-refractivity contribution >= 4 is 5.91 Å². The molecule has 7 nitrogen and oxygen atoms in total. The number of carbonyl (C=O) groups excluding carboxylic acids is 1. The van der Waals surface area contributed by atoms with E-state index in [0.717, 1.165) is 12.1 Å². The van der Waals surface area contributed by atoms with Gasteiger partial charge in [-0.3, -0.25) is 9.59 Å². The van der Waals surface area contributed by atoms with E-state index < -0.39 is 11.7 Å². The van der Waals surface area contributed by atoms with E-state index in [0.29, 0.717) is 48.6 Å². The van der Waals surface area contributed by atoms with Crippen LogP contribution in [-0.2, 0) is 6.18 Å². The molecule has 10 heteroatoms. The Labute approximate surface area is 174 Å². The first-order valence-corrected chi connectivity index (χ1v) is 9.72. The van der Waals surface area contributed by atoms with Crippen LogP contribution >= 0.6 is 0 Å². The number of amides is 1. The molecule has 0 spiro atoms. The number of halogens is 3. The van der Waals surface area contributed by atoms with Gasteiger partial charge in [0.1, 0.15) is 0 Å². The Hall–Kier alpha value is -3.43. The highest BCUT2D eigenvalue weighted by molar-refractivity contribution is 5.94. The molecule has 162 valence electrons. The van der Waals surface area contributed by atoms with Crippen molar-refractivity contribution < 1.29 is 22.5 Å². The van der Waals surface area contributed by atoms with Crippen LogP contribution in [-0.4, -0.2) is 39.3 Å². The summed E-state index contributed by atoms with van der Waals surface area (Å²) in [6.07, 6.45) is -3.26. The second kappa shape index (κ2) is 8.01. The first-order valence-electron chi connectivity index (χ1n) is 9.72. The van der Waals surface area contributed by atoms with Crippen LogP contribution in [0.4, 0.5) is 13.2 Å². The molecule has 1 aromatic carbocycles. The number of hydrogen-bond acceptors (Lipinski definition) is 5. The second-order valence-electron chi connectivity index (χ2n) is 7.51. The molecule has 1 saturated heterocycles. The van der Waals surface area contributed by atoms with Gasteiger partial charge in [-0.2, -0.15) is 18.3 Å². The Kier molecular flexibility index (Phi) is 5.38. The highest BCUT2D eigenvalue weighted by Crippen LogP contribution is 2.34. The number of aryl methyl sites for hydroxylation is 1. The molecule has 3 aromatic rings. The van der Waals surface area contributed by atoms with Gasteiger partial charge in [-0.15, -0.1) is 0 Å². The zero-order valence-corrected chi connectivity index (χ0v) is 16.6. The minimum absolute atomic E-state index is 0.0195. The van der Waals surface area contributed by atoms with Crippen molar-refractivity contribution in [3.63, 3.8) is 0 Å². The molecule has 4 rings (SSSR count). The highest BCUT2D eigenvalue weighted by Gasteiger charge is 2.31. The van der Waals surface area contributed by atoms with Gasteiger partial charge in [-0.25, -0.2) is 5.10 Å². The molecule has 1 aliphatic rings. The number of likely N-dealkylation sites (tertiary alicyclic amines) is 1. The number of aromatic nitrogens is 3. The SMILES string of the molecule is Cc1cc(-c2cc(=O)[nH]nc2C2CCN(C(=O)c3ccc(C(F)(F)F)cc3)CC2)on1. The van der Waals surface area contributed by atoms with Crippen LogP contribution in [0.2, 0.25) is 0 Å². The number of nitrogens with zero attached hydrogens (tertiary/aromatic N) is 3. The molecule has 1 N–H and O–H groups in total. The van der Waals surface area contributed by atoms with Gasteiger partial charge in [0.15, 0.2) is 5.76 Å². The number of piperidine rings is 1.